The maximum atomic E-state index is 13.7. The molecule has 0 aliphatic carbocycles. The van der Waals surface area contributed by atoms with Gasteiger partial charge in [-0.15, -0.1) is 0 Å². The number of alkyl halides is 1. The summed E-state index contributed by atoms with van der Waals surface area (Å²) in [6, 6.07) is 2.12. The fraction of sp³-hybridized carbons (Fsp3) is 0.462. The number of carbonyl (C=O) groups excluding carboxylic acids is 3. The molecule has 2 aliphatic rings. The molecule has 21 heavy (non-hydrogen) atoms. The molecule has 0 radical (unpaired) electrons. The number of hydrogen-bond donors (Lipinski definition) is 1. The van der Waals surface area contributed by atoms with Crippen LogP contribution in [-0.4, -0.2) is 60.5 Å². The predicted molar refractivity (Wildman–Crippen MR) is 66.2 cm³/mol. The van der Waals surface area contributed by atoms with Crippen molar-refractivity contribution in [3.8, 4) is 0 Å². The summed E-state index contributed by atoms with van der Waals surface area (Å²) in [7, 11) is 0. The number of ether oxygens (including phenoxy) is 1. The number of nitrogens with zero attached hydrogens (tertiary/aromatic N) is 1. The zero-order valence-corrected chi connectivity index (χ0v) is 11.0. The van der Waals surface area contributed by atoms with E-state index in [2.05, 4.69) is 5.32 Å². The van der Waals surface area contributed by atoms with Crippen molar-refractivity contribution in [3.05, 3.63) is 24.2 Å². The van der Waals surface area contributed by atoms with Crippen LogP contribution in [-0.2, 0) is 14.3 Å². The van der Waals surface area contributed by atoms with E-state index >= 15 is 0 Å². The number of nitrogens with one attached hydrogen (secondary N) is 1. The van der Waals surface area contributed by atoms with E-state index in [1.165, 1.54) is 12.3 Å². The molecule has 0 unspecified atom stereocenters. The van der Waals surface area contributed by atoms with Crippen LogP contribution in [0.15, 0.2) is 22.8 Å². The van der Waals surface area contributed by atoms with Gasteiger partial charge in [0.2, 0.25) is 5.91 Å². The number of likely N-dealkylation sites (tertiary alicyclic amines) is 1. The second-order valence-corrected chi connectivity index (χ2v) is 4.91. The van der Waals surface area contributed by atoms with Crippen molar-refractivity contribution in [1.29, 1.82) is 0 Å². The van der Waals surface area contributed by atoms with Crippen molar-refractivity contribution >= 4 is 17.6 Å². The van der Waals surface area contributed by atoms with Gasteiger partial charge in [0.05, 0.1) is 19.4 Å². The number of rotatable bonds is 3. The Morgan fingerprint density at radius 2 is 2.29 bits per heavy atom. The third kappa shape index (κ3) is 2.42. The summed E-state index contributed by atoms with van der Waals surface area (Å²) >= 11 is 0. The van der Waals surface area contributed by atoms with Crippen molar-refractivity contribution in [2.24, 2.45) is 0 Å². The largest absolute Gasteiger partial charge is 0.459 e. The first-order chi connectivity index (χ1) is 10.1. The Hall–Kier alpha value is -2.22. The third-order valence-corrected chi connectivity index (χ3v) is 3.59. The van der Waals surface area contributed by atoms with E-state index in [0.717, 1.165) is 4.90 Å². The lowest BCUT2D eigenvalue weighted by atomic mass is 10.1. The van der Waals surface area contributed by atoms with Crippen LogP contribution in [0.4, 0.5) is 4.39 Å². The fourth-order valence-electron chi connectivity index (χ4n) is 2.61. The average molecular weight is 296 g/mol. The quantitative estimate of drug-likeness (QED) is 0.814. The number of ketones is 1. The zero-order chi connectivity index (χ0) is 15.0. The van der Waals surface area contributed by atoms with Crippen LogP contribution in [0.1, 0.15) is 10.6 Å². The minimum Gasteiger partial charge on any atom is -0.459 e. The molecule has 8 heteroatoms. The minimum absolute atomic E-state index is 0.0748. The molecular formula is C13H13FN2O5. The molecule has 0 bridgehead atoms. The molecule has 3 atom stereocenters. The van der Waals surface area contributed by atoms with E-state index in [1.807, 2.05) is 0 Å². The molecule has 0 aromatic carbocycles. The van der Waals surface area contributed by atoms with Crippen molar-refractivity contribution in [2.45, 2.75) is 18.3 Å². The summed E-state index contributed by atoms with van der Waals surface area (Å²) in [6.45, 7) is -0.711. The van der Waals surface area contributed by atoms with E-state index in [9.17, 15) is 18.8 Å². The Balaban J connectivity index is 1.61. The highest BCUT2D eigenvalue weighted by atomic mass is 19.1. The van der Waals surface area contributed by atoms with Gasteiger partial charge in [-0.25, -0.2) is 4.39 Å². The maximum Gasteiger partial charge on any atom is 0.287 e. The molecule has 3 rings (SSSR count). The topological polar surface area (TPSA) is 88.9 Å². The van der Waals surface area contributed by atoms with Gasteiger partial charge in [-0.1, -0.05) is 0 Å². The first kappa shape index (κ1) is 13.7. The molecule has 2 aliphatic heterocycles. The van der Waals surface area contributed by atoms with E-state index < -0.39 is 30.1 Å². The van der Waals surface area contributed by atoms with Gasteiger partial charge in [-0.05, 0) is 12.1 Å². The average Bonchev–Trinajstić information content (AvgIpc) is 3.16. The lowest BCUT2D eigenvalue weighted by Gasteiger charge is -2.21. The summed E-state index contributed by atoms with van der Waals surface area (Å²) < 4.78 is 23.6. The van der Waals surface area contributed by atoms with Crippen molar-refractivity contribution < 1.29 is 27.9 Å². The smallest absolute Gasteiger partial charge is 0.287 e. The molecule has 1 aromatic heterocycles. The molecule has 0 spiro atoms. The molecule has 2 saturated heterocycles. The number of furan rings is 1. The number of halogens is 1. The second-order valence-electron chi connectivity index (χ2n) is 4.91. The van der Waals surface area contributed by atoms with E-state index in [1.54, 1.807) is 6.07 Å². The molecular weight excluding hydrogens is 283 g/mol. The Labute approximate surface area is 119 Å². The Morgan fingerprint density at radius 3 is 3.00 bits per heavy atom. The lowest BCUT2D eigenvalue weighted by Crippen LogP contribution is -2.46. The Bertz CT molecular complexity index is 573. The molecule has 1 aromatic rings. The number of hydrogen-bond acceptors (Lipinski definition) is 5. The molecule has 0 saturated carbocycles. The monoisotopic (exact) mass is 296 g/mol. The Kier molecular flexibility index (Phi) is 3.46. The molecule has 2 fully saturated rings. The van der Waals surface area contributed by atoms with Gasteiger partial charge in [0.1, 0.15) is 24.9 Å². The van der Waals surface area contributed by atoms with Gasteiger partial charge in [0.25, 0.3) is 5.91 Å². The van der Waals surface area contributed by atoms with Gasteiger partial charge < -0.3 is 19.4 Å². The fourth-order valence-corrected chi connectivity index (χ4v) is 2.61. The minimum atomic E-state index is -1.38. The van der Waals surface area contributed by atoms with Crippen molar-refractivity contribution in [2.75, 3.05) is 19.7 Å². The summed E-state index contributed by atoms with van der Waals surface area (Å²) in [5.74, 6) is -1.31. The second kappa shape index (κ2) is 5.28. The van der Waals surface area contributed by atoms with Crippen molar-refractivity contribution in [3.63, 3.8) is 0 Å². The van der Waals surface area contributed by atoms with Crippen LogP contribution in [0.3, 0.4) is 0 Å². The first-order valence-electron chi connectivity index (χ1n) is 6.47. The summed E-state index contributed by atoms with van der Waals surface area (Å²) in [4.78, 5) is 36.5. The summed E-state index contributed by atoms with van der Waals surface area (Å²) in [5, 5.41) is 2.37. The van der Waals surface area contributed by atoms with E-state index in [0.29, 0.717) is 0 Å². The van der Waals surface area contributed by atoms with Gasteiger partial charge in [-0.2, -0.15) is 0 Å². The molecule has 112 valence electrons. The SMILES string of the molecule is O=C(NCC(=O)N1C[C@H](F)[C@H]2OCC(=O)[C@H]21)c1ccco1. The highest BCUT2D eigenvalue weighted by Crippen LogP contribution is 2.29. The van der Waals surface area contributed by atoms with Crippen LogP contribution in [0.5, 0.6) is 0 Å². The molecule has 3 heterocycles. The van der Waals surface area contributed by atoms with Gasteiger partial charge in [0, 0.05) is 0 Å². The summed E-state index contributed by atoms with van der Waals surface area (Å²) in [6.07, 6.45) is -0.933. The number of fused-ring (bicyclic) bond motifs is 1. The van der Waals surface area contributed by atoms with E-state index in [4.69, 9.17) is 9.15 Å². The lowest BCUT2D eigenvalue weighted by molar-refractivity contribution is -0.135. The summed E-state index contributed by atoms with van der Waals surface area (Å²) in [5.41, 5.74) is 0. The maximum absolute atomic E-state index is 13.7. The number of carbonyl (C=O) groups is 3. The molecule has 7 nitrogen and oxygen atoms in total. The van der Waals surface area contributed by atoms with Crippen LogP contribution in [0.2, 0.25) is 0 Å². The van der Waals surface area contributed by atoms with Crippen molar-refractivity contribution in [1.82, 2.24) is 10.2 Å². The Morgan fingerprint density at radius 1 is 1.48 bits per heavy atom. The van der Waals surface area contributed by atoms with E-state index in [-0.39, 0.29) is 31.2 Å². The number of amides is 2. The highest BCUT2D eigenvalue weighted by Gasteiger charge is 2.52. The van der Waals surface area contributed by atoms with Gasteiger partial charge >= 0.3 is 0 Å². The highest BCUT2D eigenvalue weighted by molar-refractivity contribution is 5.96. The zero-order valence-electron chi connectivity index (χ0n) is 11.0. The predicted octanol–water partition coefficient (Wildman–Crippen LogP) is -0.474. The normalized spacial score (nSPS) is 27.8. The van der Waals surface area contributed by atoms with Crippen LogP contribution in [0.25, 0.3) is 0 Å². The first-order valence-corrected chi connectivity index (χ1v) is 6.47. The number of Topliss-reactive ketones (excluding diaryl/α,β-unsaturated/α-hetero) is 1. The van der Waals surface area contributed by atoms with Crippen LogP contribution >= 0.6 is 0 Å². The van der Waals surface area contributed by atoms with Crippen LogP contribution in [0, 0.1) is 0 Å². The third-order valence-electron chi connectivity index (χ3n) is 3.59. The van der Waals surface area contributed by atoms with Gasteiger partial charge in [-0.3, -0.25) is 14.4 Å². The standard InChI is InChI=1S/C13H13FN2O5/c14-7-5-16(11-8(17)6-21-12(7)11)10(18)4-15-13(19)9-2-1-3-20-9/h1-3,7,11-12H,4-6H2,(H,15,19)/t7-,11+,12+/m0/s1. The molecule has 1 N–H and O–H groups in total. The molecule has 2 amide bonds. The van der Waals surface area contributed by atoms with Gasteiger partial charge in [0.15, 0.2) is 11.5 Å². The van der Waals surface area contributed by atoms with Crippen LogP contribution < -0.4 is 5.32 Å².